The molecule has 0 aliphatic heterocycles. The first-order valence-corrected chi connectivity index (χ1v) is 5.28. The molecule has 0 aliphatic carbocycles. The Balaban J connectivity index is 2.64. The second-order valence-electron chi connectivity index (χ2n) is 3.21. The van der Waals surface area contributed by atoms with Crippen LogP contribution in [0.1, 0.15) is 0 Å². The van der Waals surface area contributed by atoms with Crippen LogP contribution < -0.4 is 0 Å². The minimum atomic E-state index is 0.817. The number of halogens is 1. The summed E-state index contributed by atoms with van der Waals surface area (Å²) in [6.45, 7) is 0. The van der Waals surface area contributed by atoms with Gasteiger partial charge < -0.3 is 5.10 Å². The van der Waals surface area contributed by atoms with Crippen LogP contribution in [0.15, 0.2) is 18.5 Å². The fourth-order valence-corrected chi connectivity index (χ4v) is 2.25. The lowest BCUT2D eigenvalue weighted by Crippen LogP contribution is -1.89. The second-order valence-corrected chi connectivity index (χ2v) is 4.32. The number of hydrogen-bond acceptors (Lipinski definition) is 2. The van der Waals surface area contributed by atoms with E-state index in [9.17, 15) is 0 Å². The first-order chi connectivity index (χ1) is 6.75. The number of nitrogens with one attached hydrogen (secondary N) is 1. The number of aromatic amines is 1. The van der Waals surface area contributed by atoms with E-state index in [4.69, 9.17) is 0 Å². The third-order valence-corrected chi connectivity index (χ3v) is 2.87. The Kier molecular flexibility index (Phi) is 1.58. The average molecular weight is 298 g/mol. The van der Waals surface area contributed by atoms with Crippen molar-refractivity contribution in [3.8, 4) is 0 Å². The van der Waals surface area contributed by atoms with Crippen LogP contribution in [0, 0.1) is 3.70 Å². The largest absolute Gasteiger partial charge is 0.305 e. The van der Waals surface area contributed by atoms with Gasteiger partial charge in [-0.15, -0.1) is 0 Å². The van der Waals surface area contributed by atoms with Crippen LogP contribution in [0.25, 0.3) is 21.9 Å². The first kappa shape index (κ1) is 8.22. The zero-order valence-corrected chi connectivity index (χ0v) is 9.61. The summed E-state index contributed by atoms with van der Waals surface area (Å²) in [6, 6.07) is 2.05. The highest BCUT2D eigenvalue weighted by atomic mass is 127. The highest BCUT2D eigenvalue weighted by molar-refractivity contribution is 14.1. The minimum Gasteiger partial charge on any atom is -0.305 e. The zero-order valence-electron chi connectivity index (χ0n) is 7.45. The molecule has 3 aromatic rings. The molecular formula is C9H7IN4. The Morgan fingerprint density at radius 2 is 2.36 bits per heavy atom. The summed E-state index contributed by atoms with van der Waals surface area (Å²) in [5, 5.41) is 5.35. The number of H-pyrrole nitrogens is 1. The van der Waals surface area contributed by atoms with E-state index >= 15 is 0 Å². The molecule has 0 atom stereocenters. The molecule has 3 aromatic heterocycles. The maximum absolute atomic E-state index is 4.33. The van der Waals surface area contributed by atoms with Gasteiger partial charge in [-0.3, -0.25) is 4.68 Å². The fraction of sp³-hybridized carbons (Fsp3) is 0.111. The highest BCUT2D eigenvalue weighted by Crippen LogP contribution is 2.23. The third-order valence-electron chi connectivity index (χ3n) is 2.32. The van der Waals surface area contributed by atoms with Crippen LogP contribution >= 0.6 is 22.6 Å². The predicted molar refractivity (Wildman–Crippen MR) is 63.1 cm³/mol. The van der Waals surface area contributed by atoms with E-state index in [-0.39, 0.29) is 0 Å². The predicted octanol–water partition coefficient (Wildman–Crippen LogP) is 2.05. The van der Waals surface area contributed by atoms with E-state index in [0.29, 0.717) is 0 Å². The Bertz CT molecular complexity index is 622. The monoisotopic (exact) mass is 298 g/mol. The van der Waals surface area contributed by atoms with Crippen molar-refractivity contribution in [3.63, 3.8) is 0 Å². The number of aryl methyl sites for hydroxylation is 1. The molecule has 0 aliphatic rings. The van der Waals surface area contributed by atoms with Gasteiger partial charge in [0.25, 0.3) is 0 Å². The van der Waals surface area contributed by atoms with Gasteiger partial charge in [-0.25, -0.2) is 9.97 Å². The summed E-state index contributed by atoms with van der Waals surface area (Å²) in [5.41, 5.74) is 1.97. The van der Waals surface area contributed by atoms with Crippen molar-refractivity contribution in [1.29, 1.82) is 0 Å². The topological polar surface area (TPSA) is 46.5 Å². The van der Waals surface area contributed by atoms with E-state index in [2.05, 4.69) is 43.7 Å². The molecule has 0 spiro atoms. The van der Waals surface area contributed by atoms with Gasteiger partial charge in [-0.2, -0.15) is 0 Å². The molecule has 0 saturated heterocycles. The third kappa shape index (κ3) is 0.985. The first-order valence-electron chi connectivity index (χ1n) is 4.21. The van der Waals surface area contributed by atoms with Crippen LogP contribution in [0.3, 0.4) is 0 Å². The number of nitrogens with zero attached hydrogens (tertiary/aromatic N) is 3. The normalized spacial score (nSPS) is 11.6. The maximum Gasteiger partial charge on any atom is 0.162 e. The molecule has 0 amide bonds. The number of aromatic nitrogens is 4. The Morgan fingerprint density at radius 1 is 1.50 bits per heavy atom. The molecule has 5 heteroatoms. The van der Waals surface area contributed by atoms with Crippen LogP contribution in [0.5, 0.6) is 0 Å². The van der Waals surface area contributed by atoms with Gasteiger partial charge >= 0.3 is 0 Å². The van der Waals surface area contributed by atoms with Gasteiger partial charge in [0.15, 0.2) is 5.65 Å². The van der Waals surface area contributed by atoms with Crippen molar-refractivity contribution >= 4 is 44.5 Å². The molecule has 3 rings (SSSR count). The summed E-state index contributed by atoms with van der Waals surface area (Å²) in [6.07, 6.45) is 3.79. The lowest BCUT2D eigenvalue weighted by atomic mass is 10.2. The molecule has 0 bridgehead atoms. The molecule has 70 valence electrons. The quantitative estimate of drug-likeness (QED) is 0.646. The van der Waals surface area contributed by atoms with E-state index in [1.54, 1.807) is 0 Å². The van der Waals surface area contributed by atoms with Gasteiger partial charge in [0.2, 0.25) is 0 Å². The fourth-order valence-electron chi connectivity index (χ4n) is 1.71. The lowest BCUT2D eigenvalue weighted by Gasteiger charge is -1.95. The average Bonchev–Trinajstić information content (AvgIpc) is 2.68. The zero-order chi connectivity index (χ0) is 9.71. The minimum absolute atomic E-state index is 0.817. The molecular weight excluding hydrogens is 291 g/mol. The van der Waals surface area contributed by atoms with Crippen LogP contribution in [0.4, 0.5) is 0 Å². The van der Waals surface area contributed by atoms with Crippen molar-refractivity contribution in [2.75, 3.05) is 0 Å². The van der Waals surface area contributed by atoms with Crippen LogP contribution in [-0.4, -0.2) is 19.7 Å². The van der Waals surface area contributed by atoms with Crippen molar-refractivity contribution in [3.05, 3.63) is 22.2 Å². The molecule has 1 N–H and O–H groups in total. The Labute approximate surface area is 93.5 Å². The number of rotatable bonds is 0. The van der Waals surface area contributed by atoms with Crippen molar-refractivity contribution in [2.45, 2.75) is 0 Å². The van der Waals surface area contributed by atoms with Crippen molar-refractivity contribution < 1.29 is 0 Å². The van der Waals surface area contributed by atoms with Crippen molar-refractivity contribution in [2.24, 2.45) is 7.05 Å². The van der Waals surface area contributed by atoms with Gasteiger partial charge in [0.1, 0.15) is 3.70 Å². The molecule has 14 heavy (non-hydrogen) atoms. The van der Waals surface area contributed by atoms with Gasteiger partial charge in [-0.05, 0) is 28.7 Å². The summed E-state index contributed by atoms with van der Waals surface area (Å²) in [7, 11) is 1.99. The number of pyridine rings is 1. The molecule has 4 nitrogen and oxygen atoms in total. The van der Waals surface area contributed by atoms with Gasteiger partial charge in [-0.1, -0.05) is 0 Å². The second kappa shape index (κ2) is 2.69. The SMILES string of the molecule is Cn1[nH]cc2cnc3nc(I)cc3c21. The van der Waals surface area contributed by atoms with E-state index in [0.717, 1.165) is 25.6 Å². The Morgan fingerprint density at radius 3 is 3.21 bits per heavy atom. The smallest absolute Gasteiger partial charge is 0.162 e. The number of hydrogen-bond donors (Lipinski definition) is 1. The van der Waals surface area contributed by atoms with E-state index in [1.165, 1.54) is 0 Å². The summed E-state index contributed by atoms with van der Waals surface area (Å²) >= 11 is 2.20. The van der Waals surface area contributed by atoms with Gasteiger partial charge in [0.05, 0.1) is 5.52 Å². The van der Waals surface area contributed by atoms with Gasteiger partial charge in [0, 0.05) is 30.2 Å². The van der Waals surface area contributed by atoms with Crippen LogP contribution in [0.2, 0.25) is 0 Å². The maximum atomic E-state index is 4.33. The summed E-state index contributed by atoms with van der Waals surface area (Å²) in [4.78, 5) is 8.63. The molecule has 0 radical (unpaired) electrons. The molecule has 3 heterocycles. The Hall–Kier alpha value is -1.11. The molecule has 0 fully saturated rings. The lowest BCUT2D eigenvalue weighted by molar-refractivity contribution is 0.799. The van der Waals surface area contributed by atoms with Crippen LogP contribution in [-0.2, 0) is 7.05 Å². The van der Waals surface area contributed by atoms with E-state index in [1.807, 2.05) is 24.1 Å². The summed E-state index contributed by atoms with van der Waals surface area (Å²) < 4.78 is 2.97. The van der Waals surface area contributed by atoms with E-state index < -0.39 is 0 Å². The number of fused-ring (bicyclic) bond motifs is 3. The van der Waals surface area contributed by atoms with Crippen molar-refractivity contribution in [1.82, 2.24) is 19.7 Å². The molecule has 0 unspecified atom stereocenters. The molecule has 0 saturated carbocycles. The summed E-state index contributed by atoms with van der Waals surface area (Å²) in [5.74, 6) is 0. The molecule has 0 aromatic carbocycles. The standard InChI is InChI=1S/C9H7IN4/c1-14-8-5(4-12-14)3-11-9-6(8)2-7(10)13-9/h2-4,12H,1H3. The highest BCUT2D eigenvalue weighted by Gasteiger charge is 2.08.